The zero-order chi connectivity index (χ0) is 17.1. The van der Waals surface area contributed by atoms with Crippen molar-refractivity contribution in [2.45, 2.75) is 19.5 Å². The lowest BCUT2D eigenvalue weighted by Crippen LogP contribution is -2.29. The lowest BCUT2D eigenvalue weighted by molar-refractivity contribution is 0.124. The van der Waals surface area contributed by atoms with Gasteiger partial charge in [-0.25, -0.2) is 0 Å². The molecule has 1 atom stereocenters. The zero-order valence-electron chi connectivity index (χ0n) is 14.2. The van der Waals surface area contributed by atoms with Crippen molar-refractivity contribution >= 4 is 5.71 Å². The lowest BCUT2D eigenvalue weighted by Gasteiger charge is -2.12. The Morgan fingerprint density at radius 3 is 2.68 bits per heavy atom. The molecule has 0 saturated heterocycles. The van der Waals surface area contributed by atoms with Crippen molar-refractivity contribution in [3.8, 4) is 5.69 Å². The predicted octanol–water partition coefficient (Wildman–Crippen LogP) is 3.74. The summed E-state index contributed by atoms with van der Waals surface area (Å²) in [5, 5.41) is 7.89. The summed E-state index contributed by atoms with van der Waals surface area (Å²) in [6.07, 6.45) is 2.06. The molecule has 1 aromatic heterocycles. The number of para-hydroxylation sites is 1. The van der Waals surface area contributed by atoms with Crippen molar-refractivity contribution in [1.29, 1.82) is 0 Å². The third kappa shape index (κ3) is 3.21. The van der Waals surface area contributed by atoms with Crippen LogP contribution in [0.2, 0.25) is 0 Å². The second-order valence-electron chi connectivity index (χ2n) is 6.28. The molecular formula is C21H21N3O. The number of nitrogens with one attached hydrogen (secondary N) is 1. The molecule has 4 heteroatoms. The maximum absolute atomic E-state index is 5.66. The first-order chi connectivity index (χ1) is 12.3. The van der Waals surface area contributed by atoms with Crippen molar-refractivity contribution < 1.29 is 4.84 Å². The van der Waals surface area contributed by atoms with E-state index >= 15 is 0 Å². The van der Waals surface area contributed by atoms with E-state index in [4.69, 9.17) is 4.84 Å². The van der Waals surface area contributed by atoms with Gasteiger partial charge in [-0.3, -0.25) is 0 Å². The highest BCUT2D eigenvalue weighted by Gasteiger charge is 2.24. The summed E-state index contributed by atoms with van der Waals surface area (Å²) in [6.45, 7) is 3.46. The topological polar surface area (TPSA) is 38.5 Å². The summed E-state index contributed by atoms with van der Waals surface area (Å²) in [6, 6.07) is 22.9. The van der Waals surface area contributed by atoms with Crippen molar-refractivity contribution in [2.24, 2.45) is 5.16 Å². The van der Waals surface area contributed by atoms with E-state index in [1.165, 1.54) is 5.56 Å². The second kappa shape index (κ2) is 6.95. The Balaban J connectivity index is 1.39. The Morgan fingerprint density at radius 2 is 1.80 bits per heavy atom. The van der Waals surface area contributed by atoms with Crippen molar-refractivity contribution in [2.75, 3.05) is 6.61 Å². The first-order valence-electron chi connectivity index (χ1n) is 8.58. The molecule has 1 aliphatic heterocycles. The molecule has 1 unspecified atom stereocenters. The van der Waals surface area contributed by atoms with Crippen molar-refractivity contribution in [1.82, 2.24) is 9.88 Å². The summed E-state index contributed by atoms with van der Waals surface area (Å²) < 4.78 is 2.15. The number of aromatic nitrogens is 1. The van der Waals surface area contributed by atoms with Gasteiger partial charge in [0.1, 0.15) is 12.3 Å². The molecule has 1 aliphatic rings. The van der Waals surface area contributed by atoms with Crippen LogP contribution in [0.1, 0.15) is 23.7 Å². The van der Waals surface area contributed by atoms with Crippen LogP contribution in [0.4, 0.5) is 0 Å². The number of hydrogen-bond donors (Lipinski definition) is 1. The zero-order valence-corrected chi connectivity index (χ0v) is 14.2. The Labute approximate surface area is 147 Å². The first-order valence-corrected chi connectivity index (χ1v) is 8.58. The fourth-order valence-corrected chi connectivity index (χ4v) is 3.06. The van der Waals surface area contributed by atoms with Gasteiger partial charge in [0.05, 0.1) is 11.4 Å². The average molecular weight is 331 g/mol. The van der Waals surface area contributed by atoms with Crippen LogP contribution in [0.15, 0.2) is 78.1 Å². The number of fused-ring (bicyclic) bond motifs is 3. The summed E-state index contributed by atoms with van der Waals surface area (Å²) in [5.41, 5.74) is 5.51. The number of rotatable bonds is 6. The van der Waals surface area contributed by atoms with E-state index in [2.05, 4.69) is 70.6 Å². The maximum Gasteiger partial charge on any atom is 0.136 e. The Kier molecular flexibility index (Phi) is 4.36. The highest BCUT2D eigenvalue weighted by Crippen LogP contribution is 2.28. The number of hydrogen-bond acceptors (Lipinski definition) is 3. The van der Waals surface area contributed by atoms with Crippen LogP contribution < -0.4 is 5.32 Å². The van der Waals surface area contributed by atoms with Crippen LogP contribution in [0, 0.1) is 0 Å². The van der Waals surface area contributed by atoms with Gasteiger partial charge < -0.3 is 14.7 Å². The van der Waals surface area contributed by atoms with Gasteiger partial charge in [-0.2, -0.15) is 0 Å². The van der Waals surface area contributed by atoms with E-state index < -0.39 is 0 Å². The van der Waals surface area contributed by atoms with Crippen molar-refractivity contribution in [3.63, 3.8) is 0 Å². The van der Waals surface area contributed by atoms with Gasteiger partial charge in [0, 0.05) is 24.3 Å². The molecule has 4 nitrogen and oxygen atoms in total. The summed E-state index contributed by atoms with van der Waals surface area (Å²) in [5.74, 6) is 0. The van der Waals surface area contributed by atoms with Crippen molar-refractivity contribution in [3.05, 3.63) is 89.7 Å². The minimum Gasteiger partial charge on any atom is -0.394 e. The van der Waals surface area contributed by atoms with E-state index in [-0.39, 0.29) is 6.04 Å². The fraction of sp³-hybridized carbons (Fsp3) is 0.190. The molecule has 0 aliphatic carbocycles. The minimum absolute atomic E-state index is 0.216. The fourth-order valence-electron chi connectivity index (χ4n) is 3.06. The largest absolute Gasteiger partial charge is 0.394 e. The smallest absolute Gasteiger partial charge is 0.136 e. The van der Waals surface area contributed by atoms with Gasteiger partial charge in [0.2, 0.25) is 0 Å². The molecular weight excluding hydrogens is 310 g/mol. The molecule has 4 rings (SSSR count). The van der Waals surface area contributed by atoms with Crippen LogP contribution >= 0.6 is 0 Å². The van der Waals surface area contributed by atoms with Gasteiger partial charge in [0.25, 0.3) is 0 Å². The molecule has 2 aromatic carbocycles. The van der Waals surface area contributed by atoms with Gasteiger partial charge in [-0.05, 0) is 30.7 Å². The summed E-state index contributed by atoms with van der Waals surface area (Å²) in [7, 11) is 0. The molecule has 0 radical (unpaired) electrons. The third-order valence-corrected chi connectivity index (χ3v) is 4.39. The standard InChI is InChI=1S/C21H21N3O/c1-16(22-14-17-8-3-2-4-9-17)15-25-23-21-18-10-5-6-11-19(18)24-13-7-12-20(21)24/h2-13,16,22H,14-15H2,1H3. The van der Waals surface area contributed by atoms with E-state index in [0.717, 1.165) is 29.2 Å². The SMILES string of the molecule is CC(CON=C1c2ccccc2-n2cccc21)NCc1ccccc1. The molecule has 3 aromatic rings. The number of oxime groups is 1. The molecule has 0 fully saturated rings. The summed E-state index contributed by atoms with van der Waals surface area (Å²) >= 11 is 0. The van der Waals surface area contributed by atoms with Crippen LogP contribution in [0.3, 0.4) is 0 Å². The molecule has 1 N–H and O–H groups in total. The van der Waals surface area contributed by atoms with Crippen LogP contribution in [0.5, 0.6) is 0 Å². The van der Waals surface area contributed by atoms with E-state index in [0.29, 0.717) is 6.61 Å². The Bertz CT molecular complexity index is 883. The van der Waals surface area contributed by atoms with E-state index in [9.17, 15) is 0 Å². The van der Waals surface area contributed by atoms with Gasteiger partial charge in [-0.15, -0.1) is 0 Å². The monoisotopic (exact) mass is 331 g/mol. The average Bonchev–Trinajstić information content (AvgIpc) is 3.23. The molecule has 0 amide bonds. The van der Waals surface area contributed by atoms with Crippen LogP contribution in [0.25, 0.3) is 5.69 Å². The Hall–Kier alpha value is -2.85. The van der Waals surface area contributed by atoms with Crippen LogP contribution in [-0.2, 0) is 11.4 Å². The molecule has 25 heavy (non-hydrogen) atoms. The van der Waals surface area contributed by atoms with E-state index in [1.54, 1.807) is 0 Å². The maximum atomic E-state index is 5.66. The normalized spacial score (nSPS) is 15.0. The summed E-state index contributed by atoms with van der Waals surface area (Å²) in [4.78, 5) is 5.66. The van der Waals surface area contributed by atoms with Gasteiger partial charge in [0.15, 0.2) is 0 Å². The van der Waals surface area contributed by atoms with Gasteiger partial charge >= 0.3 is 0 Å². The highest BCUT2D eigenvalue weighted by atomic mass is 16.6. The molecule has 126 valence electrons. The van der Waals surface area contributed by atoms with E-state index in [1.807, 2.05) is 24.3 Å². The minimum atomic E-state index is 0.216. The Morgan fingerprint density at radius 1 is 1.00 bits per heavy atom. The lowest BCUT2D eigenvalue weighted by atomic mass is 10.1. The first kappa shape index (κ1) is 15.7. The molecule has 2 heterocycles. The highest BCUT2D eigenvalue weighted by molar-refractivity contribution is 6.17. The molecule has 0 spiro atoms. The number of nitrogens with zero attached hydrogens (tertiary/aromatic N) is 2. The molecule has 0 bridgehead atoms. The number of benzene rings is 2. The van der Waals surface area contributed by atoms with Gasteiger partial charge in [-0.1, -0.05) is 53.7 Å². The van der Waals surface area contributed by atoms with Crippen LogP contribution in [-0.4, -0.2) is 22.9 Å². The third-order valence-electron chi connectivity index (χ3n) is 4.39. The second-order valence-corrected chi connectivity index (χ2v) is 6.28. The predicted molar refractivity (Wildman–Crippen MR) is 100 cm³/mol. The molecule has 0 saturated carbocycles. The quantitative estimate of drug-likeness (QED) is 0.547.